The zero-order valence-electron chi connectivity index (χ0n) is 17.3. The molecule has 9 heteroatoms. The van der Waals surface area contributed by atoms with Crippen LogP contribution in [-0.4, -0.2) is 45.5 Å². The van der Waals surface area contributed by atoms with Crippen LogP contribution in [0.25, 0.3) is 0 Å². The third-order valence-electron chi connectivity index (χ3n) is 4.71. The van der Waals surface area contributed by atoms with Crippen molar-refractivity contribution in [3.8, 4) is 0 Å². The quantitative estimate of drug-likeness (QED) is 0.391. The summed E-state index contributed by atoms with van der Waals surface area (Å²) >= 11 is 7.39. The maximum atomic E-state index is 12.4. The molecule has 3 rings (SSSR count). The van der Waals surface area contributed by atoms with Gasteiger partial charge >= 0.3 is 0 Å². The molecule has 0 radical (unpaired) electrons. The lowest BCUT2D eigenvalue weighted by atomic mass is 10.2. The topological polar surface area (TPSA) is 77.1 Å². The molecule has 0 saturated heterocycles. The SMILES string of the molecule is CC[C@H](c1nnc(SCC(=O)Nc2cccnc2Cl)n1Cc1ccccc1)[NH+](C)C. The number of hydrogen-bond acceptors (Lipinski definition) is 5. The second-order valence-electron chi connectivity index (χ2n) is 7.13. The smallest absolute Gasteiger partial charge is 0.234 e. The molecule has 2 N–H and O–H groups in total. The molecule has 0 saturated carbocycles. The highest BCUT2D eigenvalue weighted by molar-refractivity contribution is 7.99. The predicted octanol–water partition coefficient (Wildman–Crippen LogP) is 2.70. The Morgan fingerprint density at radius 1 is 1.20 bits per heavy atom. The molecule has 30 heavy (non-hydrogen) atoms. The van der Waals surface area contributed by atoms with Crippen LogP contribution in [0.2, 0.25) is 5.15 Å². The fraction of sp³-hybridized carbons (Fsp3) is 0.333. The summed E-state index contributed by atoms with van der Waals surface area (Å²) in [4.78, 5) is 17.7. The summed E-state index contributed by atoms with van der Waals surface area (Å²) in [6, 6.07) is 13.9. The molecule has 0 bridgehead atoms. The number of carbonyl (C=O) groups excluding carboxylic acids is 1. The monoisotopic (exact) mass is 445 g/mol. The first-order valence-corrected chi connectivity index (χ1v) is 11.2. The average Bonchev–Trinajstić information content (AvgIpc) is 3.11. The molecule has 0 fully saturated rings. The van der Waals surface area contributed by atoms with E-state index in [9.17, 15) is 4.79 Å². The number of nitrogens with zero attached hydrogens (tertiary/aromatic N) is 4. The Morgan fingerprint density at radius 2 is 1.97 bits per heavy atom. The molecule has 2 aromatic heterocycles. The number of pyridine rings is 1. The third-order valence-corrected chi connectivity index (χ3v) is 5.98. The number of aromatic nitrogens is 4. The highest BCUT2D eigenvalue weighted by atomic mass is 35.5. The van der Waals surface area contributed by atoms with E-state index in [1.807, 2.05) is 18.2 Å². The van der Waals surface area contributed by atoms with Gasteiger partial charge in [-0.15, -0.1) is 10.2 Å². The van der Waals surface area contributed by atoms with Crippen molar-refractivity contribution in [3.63, 3.8) is 0 Å². The van der Waals surface area contributed by atoms with Crippen molar-refractivity contribution in [1.82, 2.24) is 19.7 Å². The molecule has 2 heterocycles. The van der Waals surface area contributed by atoms with E-state index in [2.05, 4.69) is 58.2 Å². The summed E-state index contributed by atoms with van der Waals surface area (Å²) in [5.74, 6) is 0.958. The molecular formula is C21H26ClN6OS+. The zero-order chi connectivity index (χ0) is 21.5. The van der Waals surface area contributed by atoms with Crippen molar-refractivity contribution in [3.05, 3.63) is 65.2 Å². The normalized spacial score (nSPS) is 12.2. The molecule has 0 aliphatic heterocycles. The van der Waals surface area contributed by atoms with Crippen LogP contribution in [0.1, 0.15) is 30.8 Å². The molecule has 7 nitrogen and oxygen atoms in total. The maximum absolute atomic E-state index is 12.4. The van der Waals surface area contributed by atoms with E-state index in [0.717, 1.165) is 23.0 Å². The standard InChI is InChI=1S/C21H25ClN6OS/c1-4-17(27(2)3)20-25-26-21(28(20)13-15-9-6-5-7-10-15)30-14-18(29)24-16-11-8-12-23-19(16)22/h5-12,17H,4,13-14H2,1-3H3,(H,24,29)/p+1/t17-/m1/s1. The summed E-state index contributed by atoms with van der Waals surface area (Å²) in [7, 11) is 4.24. The second kappa shape index (κ2) is 10.6. The van der Waals surface area contributed by atoms with E-state index in [-0.39, 0.29) is 22.9 Å². The number of carbonyl (C=O) groups is 1. The molecule has 0 aliphatic rings. The number of quaternary nitrogens is 1. The van der Waals surface area contributed by atoms with Crippen LogP contribution in [0.5, 0.6) is 0 Å². The molecule has 158 valence electrons. The summed E-state index contributed by atoms with van der Waals surface area (Å²) in [6.07, 6.45) is 2.52. The van der Waals surface area contributed by atoms with Crippen LogP contribution < -0.4 is 10.2 Å². The van der Waals surface area contributed by atoms with Gasteiger partial charge < -0.3 is 10.2 Å². The van der Waals surface area contributed by atoms with Gasteiger partial charge in [0.05, 0.1) is 32.1 Å². The molecule has 0 spiro atoms. The number of thioether (sulfide) groups is 1. The van der Waals surface area contributed by atoms with Crippen molar-refractivity contribution in [1.29, 1.82) is 0 Å². The van der Waals surface area contributed by atoms with E-state index < -0.39 is 0 Å². The fourth-order valence-electron chi connectivity index (χ4n) is 3.22. The molecule has 0 unspecified atom stereocenters. The van der Waals surface area contributed by atoms with Crippen molar-refractivity contribution in [2.24, 2.45) is 0 Å². The summed E-state index contributed by atoms with van der Waals surface area (Å²) in [6.45, 7) is 2.81. The minimum atomic E-state index is -0.170. The van der Waals surface area contributed by atoms with E-state index in [1.165, 1.54) is 16.7 Å². The van der Waals surface area contributed by atoms with Gasteiger partial charge in [0.1, 0.15) is 6.04 Å². The lowest BCUT2D eigenvalue weighted by Crippen LogP contribution is -3.06. The van der Waals surface area contributed by atoms with E-state index in [1.54, 1.807) is 18.3 Å². The molecule has 1 atom stereocenters. The molecule has 1 amide bonds. The Morgan fingerprint density at radius 3 is 2.63 bits per heavy atom. The summed E-state index contributed by atoms with van der Waals surface area (Å²) in [5.41, 5.74) is 1.66. The lowest BCUT2D eigenvalue weighted by molar-refractivity contribution is -0.893. The van der Waals surface area contributed by atoms with E-state index >= 15 is 0 Å². The molecule has 0 aliphatic carbocycles. The van der Waals surface area contributed by atoms with Crippen molar-refractivity contribution in [2.75, 3.05) is 25.2 Å². The van der Waals surface area contributed by atoms with Crippen molar-refractivity contribution >= 4 is 35.0 Å². The molecule has 1 aromatic carbocycles. The highest BCUT2D eigenvalue weighted by Crippen LogP contribution is 2.23. The Balaban J connectivity index is 1.78. The average molecular weight is 446 g/mol. The molecular weight excluding hydrogens is 420 g/mol. The number of anilines is 1. The minimum Gasteiger partial charge on any atom is -0.331 e. The Kier molecular flexibility index (Phi) is 7.84. The van der Waals surface area contributed by atoms with Crippen LogP contribution in [-0.2, 0) is 11.3 Å². The number of benzene rings is 1. The number of nitrogens with one attached hydrogen (secondary N) is 2. The van der Waals surface area contributed by atoms with Gasteiger partial charge in [-0.25, -0.2) is 4.98 Å². The van der Waals surface area contributed by atoms with E-state index in [4.69, 9.17) is 11.6 Å². The Labute approximate surface area is 185 Å². The fourth-order valence-corrected chi connectivity index (χ4v) is 4.14. The first-order valence-electron chi connectivity index (χ1n) is 9.79. The number of amides is 1. The van der Waals surface area contributed by atoms with Gasteiger partial charge in [0.25, 0.3) is 0 Å². The first-order chi connectivity index (χ1) is 14.5. The first kappa shape index (κ1) is 22.3. The van der Waals surface area contributed by atoms with Gasteiger partial charge in [0, 0.05) is 12.6 Å². The Bertz CT molecular complexity index is 979. The third kappa shape index (κ3) is 5.59. The van der Waals surface area contributed by atoms with Gasteiger partial charge in [0.15, 0.2) is 16.1 Å². The number of halogens is 1. The maximum Gasteiger partial charge on any atom is 0.234 e. The van der Waals surface area contributed by atoms with Crippen LogP contribution in [0.15, 0.2) is 53.8 Å². The highest BCUT2D eigenvalue weighted by Gasteiger charge is 2.25. The van der Waals surface area contributed by atoms with Crippen LogP contribution in [0.4, 0.5) is 5.69 Å². The van der Waals surface area contributed by atoms with Gasteiger partial charge in [-0.2, -0.15) is 0 Å². The van der Waals surface area contributed by atoms with Gasteiger partial charge in [0.2, 0.25) is 5.91 Å². The summed E-state index contributed by atoms with van der Waals surface area (Å²) in [5, 5.41) is 12.7. The van der Waals surface area contributed by atoms with Crippen molar-refractivity contribution < 1.29 is 9.69 Å². The van der Waals surface area contributed by atoms with Gasteiger partial charge in [-0.05, 0) is 17.7 Å². The van der Waals surface area contributed by atoms with Gasteiger partial charge in [-0.3, -0.25) is 9.36 Å². The number of rotatable bonds is 9. The zero-order valence-corrected chi connectivity index (χ0v) is 18.9. The largest absolute Gasteiger partial charge is 0.331 e. The Hall–Kier alpha value is -2.42. The van der Waals surface area contributed by atoms with Gasteiger partial charge in [-0.1, -0.05) is 60.6 Å². The van der Waals surface area contributed by atoms with Crippen LogP contribution in [0.3, 0.4) is 0 Å². The number of hydrogen-bond donors (Lipinski definition) is 2. The molecule has 3 aromatic rings. The van der Waals surface area contributed by atoms with Crippen LogP contribution in [0, 0.1) is 0 Å². The lowest BCUT2D eigenvalue weighted by Gasteiger charge is -2.20. The minimum absolute atomic E-state index is 0.170. The summed E-state index contributed by atoms with van der Waals surface area (Å²) < 4.78 is 2.12. The predicted molar refractivity (Wildman–Crippen MR) is 120 cm³/mol. The van der Waals surface area contributed by atoms with Crippen molar-refractivity contribution in [2.45, 2.75) is 31.1 Å². The van der Waals surface area contributed by atoms with Crippen LogP contribution >= 0.6 is 23.4 Å². The van der Waals surface area contributed by atoms with E-state index in [0.29, 0.717) is 12.2 Å². The second-order valence-corrected chi connectivity index (χ2v) is 8.43.